The van der Waals surface area contributed by atoms with Gasteiger partial charge in [0.1, 0.15) is 5.60 Å². The van der Waals surface area contributed by atoms with Gasteiger partial charge in [0.15, 0.2) is 0 Å². The van der Waals surface area contributed by atoms with E-state index < -0.39 is 11.7 Å². The van der Waals surface area contributed by atoms with Gasteiger partial charge in [-0.1, -0.05) is 6.92 Å². The van der Waals surface area contributed by atoms with E-state index in [4.69, 9.17) is 9.84 Å². The zero-order valence-corrected chi connectivity index (χ0v) is 14.2. The number of ether oxygens (including phenoxy) is 1. The van der Waals surface area contributed by atoms with E-state index in [1.165, 1.54) is 0 Å². The summed E-state index contributed by atoms with van der Waals surface area (Å²) in [5.41, 5.74) is -0.534. The average molecular weight is 314 g/mol. The minimum absolute atomic E-state index is 0.0946. The highest BCUT2D eigenvalue weighted by Gasteiger charge is 2.31. The third kappa shape index (κ3) is 6.64. The molecule has 1 aliphatic heterocycles. The molecule has 0 saturated carbocycles. The molecule has 0 bridgehead atoms. The largest absolute Gasteiger partial charge is 0.444 e. The highest BCUT2D eigenvalue weighted by Crippen LogP contribution is 2.22. The van der Waals surface area contributed by atoms with E-state index >= 15 is 0 Å². The molecule has 1 fully saturated rings. The van der Waals surface area contributed by atoms with Crippen LogP contribution in [0.3, 0.4) is 0 Å². The molecule has 22 heavy (non-hydrogen) atoms. The fourth-order valence-corrected chi connectivity index (χ4v) is 2.80. The maximum absolute atomic E-state index is 12.0. The van der Waals surface area contributed by atoms with Crippen LogP contribution < -0.4 is 5.32 Å². The van der Waals surface area contributed by atoms with Crippen LogP contribution in [0, 0.1) is 5.92 Å². The lowest BCUT2D eigenvalue weighted by atomic mass is 9.90. The lowest BCUT2D eigenvalue weighted by molar-refractivity contribution is -0.133. The van der Waals surface area contributed by atoms with Crippen molar-refractivity contribution in [1.29, 1.82) is 0 Å². The van der Waals surface area contributed by atoms with Gasteiger partial charge in [-0.25, -0.2) is 4.79 Å². The van der Waals surface area contributed by atoms with Gasteiger partial charge >= 0.3 is 6.09 Å². The molecule has 2 atom stereocenters. The topological polar surface area (TPSA) is 78.9 Å². The summed E-state index contributed by atoms with van der Waals surface area (Å²) >= 11 is 0. The summed E-state index contributed by atoms with van der Waals surface area (Å²) in [6.45, 7) is 8.71. The van der Waals surface area contributed by atoms with Crippen molar-refractivity contribution in [2.24, 2.45) is 5.92 Å². The summed E-state index contributed by atoms with van der Waals surface area (Å²) in [5, 5.41) is 11.9. The predicted molar refractivity (Wildman–Crippen MR) is 84.5 cm³/mol. The van der Waals surface area contributed by atoms with Crippen molar-refractivity contribution in [3.63, 3.8) is 0 Å². The molecule has 0 radical (unpaired) electrons. The van der Waals surface area contributed by atoms with Crippen LogP contribution in [0.15, 0.2) is 0 Å². The van der Waals surface area contributed by atoms with Gasteiger partial charge in [-0.2, -0.15) is 0 Å². The number of carbonyl (C=O) groups is 2. The first kappa shape index (κ1) is 18.7. The smallest absolute Gasteiger partial charge is 0.407 e. The van der Waals surface area contributed by atoms with Gasteiger partial charge in [0.05, 0.1) is 6.04 Å². The van der Waals surface area contributed by atoms with Crippen LogP contribution in [0.2, 0.25) is 0 Å². The van der Waals surface area contributed by atoms with Crippen molar-refractivity contribution in [3.05, 3.63) is 0 Å². The lowest BCUT2D eigenvalue weighted by Crippen LogP contribution is -2.53. The van der Waals surface area contributed by atoms with Crippen LogP contribution in [0.1, 0.15) is 53.4 Å². The summed E-state index contributed by atoms with van der Waals surface area (Å²) in [6.07, 6.45) is 2.41. The van der Waals surface area contributed by atoms with Crippen LogP contribution in [0.4, 0.5) is 4.79 Å². The van der Waals surface area contributed by atoms with E-state index in [0.29, 0.717) is 25.4 Å². The molecule has 1 aliphatic rings. The molecular weight excluding hydrogens is 284 g/mol. The first-order valence-electron chi connectivity index (χ1n) is 8.13. The number of carbonyl (C=O) groups excluding carboxylic acids is 2. The standard InChI is InChI=1S/C16H30N2O4/c1-5-14(20)18-10-12(7-6-8-19)9-13(11-18)17-15(21)22-16(2,3)4/h12-13,19H,5-11H2,1-4H3,(H,17,21). The molecular formula is C16H30N2O4. The zero-order chi connectivity index (χ0) is 16.8. The maximum Gasteiger partial charge on any atom is 0.407 e. The van der Waals surface area contributed by atoms with Crippen molar-refractivity contribution in [2.75, 3.05) is 19.7 Å². The summed E-state index contributed by atoms with van der Waals surface area (Å²) < 4.78 is 5.29. The number of alkyl carbamates (subject to hydrolysis) is 1. The fourth-order valence-electron chi connectivity index (χ4n) is 2.80. The van der Waals surface area contributed by atoms with Crippen molar-refractivity contribution in [3.8, 4) is 0 Å². The van der Waals surface area contributed by atoms with Crippen LogP contribution >= 0.6 is 0 Å². The van der Waals surface area contributed by atoms with E-state index in [0.717, 1.165) is 19.3 Å². The van der Waals surface area contributed by atoms with Gasteiger partial charge in [0.2, 0.25) is 5.91 Å². The number of nitrogens with one attached hydrogen (secondary N) is 1. The number of hydrogen-bond donors (Lipinski definition) is 2. The number of amides is 2. The molecule has 6 nitrogen and oxygen atoms in total. The number of rotatable bonds is 5. The Bertz CT molecular complexity index is 379. The summed E-state index contributed by atoms with van der Waals surface area (Å²) in [6, 6.07) is -0.0946. The molecule has 0 aromatic rings. The Hall–Kier alpha value is -1.30. The summed E-state index contributed by atoms with van der Waals surface area (Å²) in [4.78, 5) is 25.7. The highest BCUT2D eigenvalue weighted by molar-refractivity contribution is 5.76. The van der Waals surface area contributed by atoms with Gasteiger partial charge in [0, 0.05) is 26.1 Å². The van der Waals surface area contributed by atoms with E-state index in [1.54, 1.807) is 0 Å². The second-order valence-electron chi connectivity index (χ2n) is 6.96. The van der Waals surface area contributed by atoms with Crippen LogP contribution in [0.5, 0.6) is 0 Å². The minimum atomic E-state index is -0.534. The Morgan fingerprint density at radius 3 is 2.55 bits per heavy atom. The van der Waals surface area contributed by atoms with E-state index in [1.807, 2.05) is 32.6 Å². The quantitative estimate of drug-likeness (QED) is 0.812. The molecule has 2 N–H and O–H groups in total. The Labute approximate surface area is 133 Å². The summed E-state index contributed by atoms with van der Waals surface area (Å²) in [5.74, 6) is 0.404. The Morgan fingerprint density at radius 1 is 1.32 bits per heavy atom. The Balaban J connectivity index is 2.63. The molecule has 0 aromatic carbocycles. The van der Waals surface area contributed by atoms with Crippen molar-refractivity contribution < 1.29 is 19.4 Å². The predicted octanol–water partition coefficient (Wildman–Crippen LogP) is 1.91. The Morgan fingerprint density at radius 2 is 2.00 bits per heavy atom. The Kier molecular flexibility index (Phi) is 7.13. The van der Waals surface area contributed by atoms with Crippen LogP contribution in [-0.4, -0.2) is 53.3 Å². The number of hydrogen-bond acceptors (Lipinski definition) is 4. The first-order chi connectivity index (χ1) is 10.2. The van der Waals surface area contributed by atoms with Gasteiger partial charge in [-0.15, -0.1) is 0 Å². The van der Waals surface area contributed by atoms with E-state index in [-0.39, 0.29) is 18.6 Å². The van der Waals surface area contributed by atoms with E-state index in [2.05, 4.69) is 5.32 Å². The number of piperidine rings is 1. The first-order valence-corrected chi connectivity index (χ1v) is 8.13. The number of aliphatic hydroxyl groups is 1. The van der Waals surface area contributed by atoms with Crippen molar-refractivity contribution in [2.45, 2.75) is 65.0 Å². The lowest BCUT2D eigenvalue weighted by Gasteiger charge is -2.38. The maximum atomic E-state index is 12.0. The number of aliphatic hydroxyl groups excluding tert-OH is 1. The molecule has 6 heteroatoms. The van der Waals surface area contributed by atoms with Gasteiger partial charge < -0.3 is 20.1 Å². The van der Waals surface area contributed by atoms with Crippen LogP contribution in [0.25, 0.3) is 0 Å². The molecule has 128 valence electrons. The molecule has 2 amide bonds. The number of nitrogens with zero attached hydrogens (tertiary/aromatic N) is 1. The second-order valence-corrected chi connectivity index (χ2v) is 6.96. The second kappa shape index (κ2) is 8.36. The van der Waals surface area contributed by atoms with Gasteiger partial charge in [-0.3, -0.25) is 4.79 Å². The molecule has 1 rings (SSSR count). The monoisotopic (exact) mass is 314 g/mol. The minimum Gasteiger partial charge on any atom is -0.444 e. The third-order valence-corrected chi connectivity index (χ3v) is 3.68. The molecule has 0 aliphatic carbocycles. The van der Waals surface area contributed by atoms with Crippen molar-refractivity contribution >= 4 is 12.0 Å². The molecule has 2 unspecified atom stereocenters. The van der Waals surface area contributed by atoms with E-state index in [9.17, 15) is 9.59 Å². The normalized spacial score (nSPS) is 22.3. The highest BCUT2D eigenvalue weighted by atomic mass is 16.6. The third-order valence-electron chi connectivity index (χ3n) is 3.68. The van der Waals surface area contributed by atoms with Crippen molar-refractivity contribution in [1.82, 2.24) is 10.2 Å². The molecule has 0 aromatic heterocycles. The molecule has 0 spiro atoms. The van der Waals surface area contributed by atoms with Crippen LogP contribution in [-0.2, 0) is 9.53 Å². The molecule has 1 saturated heterocycles. The fraction of sp³-hybridized carbons (Fsp3) is 0.875. The summed E-state index contributed by atoms with van der Waals surface area (Å²) in [7, 11) is 0. The SMILES string of the molecule is CCC(=O)N1CC(CCCO)CC(NC(=O)OC(C)(C)C)C1. The average Bonchev–Trinajstić information content (AvgIpc) is 2.41. The van der Waals surface area contributed by atoms with Gasteiger partial charge in [0.25, 0.3) is 0 Å². The molecule has 1 heterocycles. The zero-order valence-electron chi connectivity index (χ0n) is 14.2. The number of likely N-dealkylation sites (tertiary alicyclic amines) is 1. The van der Waals surface area contributed by atoms with Gasteiger partial charge in [-0.05, 0) is 46.0 Å².